The first-order chi connectivity index (χ1) is 11.2. The van der Waals surface area contributed by atoms with E-state index in [-0.39, 0.29) is 16.9 Å². The van der Waals surface area contributed by atoms with E-state index in [1.54, 1.807) is 0 Å². The van der Waals surface area contributed by atoms with E-state index in [4.69, 9.17) is 0 Å². The van der Waals surface area contributed by atoms with Crippen molar-refractivity contribution in [3.8, 4) is 0 Å². The van der Waals surface area contributed by atoms with E-state index >= 15 is 0 Å². The van der Waals surface area contributed by atoms with E-state index in [2.05, 4.69) is 57.1 Å². The van der Waals surface area contributed by atoms with Gasteiger partial charge in [-0.1, -0.05) is 30.9 Å². The van der Waals surface area contributed by atoms with Crippen molar-refractivity contribution in [1.82, 2.24) is 10.6 Å². The van der Waals surface area contributed by atoms with Crippen molar-refractivity contribution >= 4 is 0 Å². The van der Waals surface area contributed by atoms with Crippen molar-refractivity contribution in [3.63, 3.8) is 0 Å². The van der Waals surface area contributed by atoms with Crippen molar-refractivity contribution in [1.29, 1.82) is 0 Å². The van der Waals surface area contributed by atoms with Crippen LogP contribution in [0.4, 0.5) is 4.39 Å². The summed E-state index contributed by atoms with van der Waals surface area (Å²) in [5.74, 6) is -0.187. The van der Waals surface area contributed by atoms with E-state index in [1.807, 2.05) is 12.1 Å². The zero-order chi connectivity index (χ0) is 17.8. The predicted octanol–water partition coefficient (Wildman–Crippen LogP) is 4.73. The Labute approximate surface area is 146 Å². The highest BCUT2D eigenvalue weighted by atomic mass is 19.1. The molecule has 1 saturated heterocycles. The van der Waals surface area contributed by atoms with Gasteiger partial charge in [-0.15, -0.1) is 0 Å². The summed E-state index contributed by atoms with van der Waals surface area (Å²) in [6, 6.07) is 7.11. The summed E-state index contributed by atoms with van der Waals surface area (Å²) in [5, 5.41) is 7.30. The average Bonchev–Trinajstić information content (AvgIpc) is 2.42. The normalized spacial score (nSPS) is 20.2. The smallest absolute Gasteiger partial charge is 0.123 e. The number of halogens is 1. The molecule has 1 fully saturated rings. The van der Waals surface area contributed by atoms with Crippen LogP contribution in [0, 0.1) is 5.82 Å². The first-order valence-corrected chi connectivity index (χ1v) is 8.78. The topological polar surface area (TPSA) is 24.1 Å². The summed E-state index contributed by atoms with van der Waals surface area (Å²) in [5.41, 5.74) is 2.45. The zero-order valence-electron chi connectivity index (χ0n) is 15.5. The lowest BCUT2D eigenvalue weighted by Crippen LogP contribution is -2.61. The molecule has 1 aromatic rings. The minimum absolute atomic E-state index is 0.137. The van der Waals surface area contributed by atoms with Gasteiger partial charge in [-0.3, -0.25) is 0 Å². The van der Waals surface area contributed by atoms with Gasteiger partial charge in [0, 0.05) is 29.2 Å². The lowest BCUT2D eigenvalue weighted by atomic mass is 9.79. The maximum Gasteiger partial charge on any atom is 0.123 e. The van der Waals surface area contributed by atoms with Gasteiger partial charge in [0.25, 0.3) is 0 Å². The molecule has 2 rings (SSSR count). The highest BCUT2D eigenvalue weighted by Gasteiger charge is 2.37. The van der Waals surface area contributed by atoms with Gasteiger partial charge >= 0.3 is 0 Å². The molecule has 132 valence electrons. The van der Waals surface area contributed by atoms with Gasteiger partial charge in [0.1, 0.15) is 5.82 Å². The molecule has 1 aromatic carbocycles. The quantitative estimate of drug-likeness (QED) is 0.737. The SMILES string of the molecule is C=C(C/C=C/Cc1ccc(F)cc1)NC1CC(C)(C)NC(C)(C)C1. The number of allylic oxidation sites excluding steroid dienone is 2. The Bertz CT molecular complexity index is 568. The molecule has 0 aromatic heterocycles. The molecule has 1 aliphatic rings. The third-order valence-corrected chi connectivity index (χ3v) is 4.40. The molecule has 0 amide bonds. The van der Waals surface area contributed by atoms with Crippen LogP contribution in [0.5, 0.6) is 0 Å². The zero-order valence-corrected chi connectivity index (χ0v) is 15.5. The van der Waals surface area contributed by atoms with E-state index in [9.17, 15) is 4.39 Å². The standard InChI is InChI=1S/C21H31FN2/c1-16(8-6-7-9-17-10-12-18(22)13-11-17)23-19-14-20(2,3)24-21(4,5)15-19/h6-7,10-13,19,23-24H,1,8-9,14-15H2,2-5H3/b7-6+. The molecule has 0 spiro atoms. The van der Waals surface area contributed by atoms with Gasteiger partial charge in [-0.2, -0.15) is 0 Å². The number of rotatable bonds is 6. The molecule has 0 unspecified atom stereocenters. The van der Waals surface area contributed by atoms with Crippen molar-refractivity contribution in [2.24, 2.45) is 0 Å². The van der Waals surface area contributed by atoms with Crippen molar-refractivity contribution in [3.05, 3.63) is 60.1 Å². The summed E-state index contributed by atoms with van der Waals surface area (Å²) in [7, 11) is 0. The molecule has 2 N–H and O–H groups in total. The number of hydrogen-bond donors (Lipinski definition) is 2. The maximum atomic E-state index is 12.9. The molecular weight excluding hydrogens is 299 g/mol. The van der Waals surface area contributed by atoms with E-state index in [1.165, 1.54) is 12.1 Å². The number of benzene rings is 1. The predicted molar refractivity (Wildman–Crippen MR) is 100 cm³/mol. The van der Waals surface area contributed by atoms with Crippen LogP contribution in [0.1, 0.15) is 52.5 Å². The van der Waals surface area contributed by atoms with Crippen LogP contribution in [0.3, 0.4) is 0 Å². The molecular formula is C21H31FN2. The second-order valence-electron chi connectivity index (χ2n) is 8.25. The van der Waals surface area contributed by atoms with Gasteiger partial charge in [-0.05, 0) is 64.7 Å². The molecule has 2 nitrogen and oxygen atoms in total. The summed E-state index contributed by atoms with van der Waals surface area (Å²) >= 11 is 0. The molecule has 0 aliphatic carbocycles. The summed E-state index contributed by atoms with van der Waals surface area (Å²) in [6.45, 7) is 13.2. The Morgan fingerprint density at radius 1 is 1.17 bits per heavy atom. The van der Waals surface area contributed by atoms with E-state index in [0.717, 1.165) is 36.9 Å². The average molecular weight is 330 g/mol. The third-order valence-electron chi connectivity index (χ3n) is 4.40. The van der Waals surface area contributed by atoms with Crippen LogP contribution < -0.4 is 10.6 Å². The summed E-state index contributed by atoms with van der Waals surface area (Å²) in [4.78, 5) is 0. The van der Waals surface area contributed by atoms with Crippen LogP contribution in [0.25, 0.3) is 0 Å². The first kappa shape index (κ1) is 18.7. The highest BCUT2D eigenvalue weighted by molar-refractivity contribution is 5.19. The monoisotopic (exact) mass is 330 g/mol. The second kappa shape index (κ2) is 7.52. The Balaban J connectivity index is 1.78. The fourth-order valence-corrected chi connectivity index (χ4v) is 3.84. The van der Waals surface area contributed by atoms with E-state index in [0.29, 0.717) is 6.04 Å². The van der Waals surface area contributed by atoms with Crippen molar-refractivity contribution < 1.29 is 4.39 Å². The Morgan fingerprint density at radius 3 is 2.33 bits per heavy atom. The molecule has 0 bridgehead atoms. The summed E-state index contributed by atoms with van der Waals surface area (Å²) < 4.78 is 12.9. The van der Waals surface area contributed by atoms with Gasteiger partial charge < -0.3 is 10.6 Å². The van der Waals surface area contributed by atoms with Crippen LogP contribution in [-0.4, -0.2) is 17.1 Å². The number of nitrogens with one attached hydrogen (secondary N) is 2. The van der Waals surface area contributed by atoms with Crippen LogP contribution in [0.2, 0.25) is 0 Å². The second-order valence-corrected chi connectivity index (χ2v) is 8.25. The first-order valence-electron chi connectivity index (χ1n) is 8.78. The fraction of sp³-hybridized carbons (Fsp3) is 0.524. The molecule has 3 heteroatoms. The fourth-order valence-electron chi connectivity index (χ4n) is 3.84. The Kier molecular flexibility index (Phi) is 5.87. The van der Waals surface area contributed by atoms with Crippen molar-refractivity contribution in [2.45, 2.75) is 70.5 Å². The molecule has 24 heavy (non-hydrogen) atoms. The van der Waals surface area contributed by atoms with Gasteiger partial charge in [0.2, 0.25) is 0 Å². The third kappa shape index (κ3) is 6.12. The minimum Gasteiger partial charge on any atom is -0.386 e. The molecule has 0 radical (unpaired) electrons. The van der Waals surface area contributed by atoms with Gasteiger partial charge in [-0.25, -0.2) is 4.39 Å². The van der Waals surface area contributed by atoms with Gasteiger partial charge in [0.15, 0.2) is 0 Å². The minimum atomic E-state index is -0.187. The molecule has 0 atom stereocenters. The Hall–Kier alpha value is -1.61. The van der Waals surface area contributed by atoms with Crippen LogP contribution >= 0.6 is 0 Å². The van der Waals surface area contributed by atoms with E-state index < -0.39 is 0 Å². The Morgan fingerprint density at radius 2 is 1.75 bits per heavy atom. The lowest BCUT2D eigenvalue weighted by Gasteiger charge is -2.47. The van der Waals surface area contributed by atoms with Crippen LogP contribution in [0.15, 0.2) is 48.7 Å². The van der Waals surface area contributed by atoms with Crippen molar-refractivity contribution in [2.75, 3.05) is 0 Å². The molecule has 1 aliphatic heterocycles. The molecule has 0 saturated carbocycles. The lowest BCUT2D eigenvalue weighted by molar-refractivity contribution is 0.151. The molecule has 1 heterocycles. The largest absolute Gasteiger partial charge is 0.386 e. The van der Waals surface area contributed by atoms with Gasteiger partial charge in [0.05, 0.1) is 0 Å². The number of piperidine rings is 1. The highest BCUT2D eigenvalue weighted by Crippen LogP contribution is 2.29. The van der Waals surface area contributed by atoms with Crippen LogP contribution in [-0.2, 0) is 6.42 Å². The maximum absolute atomic E-state index is 12.9. The summed E-state index contributed by atoms with van der Waals surface area (Å²) in [6.07, 6.45) is 8.09. The number of hydrogen-bond acceptors (Lipinski definition) is 2.